The Kier molecular flexibility index (Phi) is 4.92. The maximum atomic E-state index is 12.4. The van der Waals surface area contributed by atoms with Crippen molar-refractivity contribution >= 4 is 5.91 Å². The summed E-state index contributed by atoms with van der Waals surface area (Å²) in [5.74, 6) is 0.835. The number of nitrogens with zero attached hydrogens (tertiary/aromatic N) is 5. The number of aryl methyl sites for hydroxylation is 2. The topological polar surface area (TPSA) is 77.6 Å². The van der Waals surface area contributed by atoms with E-state index in [9.17, 15) is 4.79 Å². The van der Waals surface area contributed by atoms with Gasteiger partial charge in [-0.1, -0.05) is 6.92 Å². The maximum absolute atomic E-state index is 12.4. The van der Waals surface area contributed by atoms with Gasteiger partial charge in [-0.05, 0) is 38.0 Å². The van der Waals surface area contributed by atoms with Crippen LogP contribution in [-0.2, 0) is 6.54 Å². The second-order valence-electron chi connectivity index (χ2n) is 6.30. The van der Waals surface area contributed by atoms with Gasteiger partial charge in [0.05, 0.1) is 5.69 Å². The highest BCUT2D eigenvalue weighted by atomic mass is 16.1. The zero-order valence-corrected chi connectivity index (χ0v) is 14.7. The average Bonchev–Trinajstić information content (AvgIpc) is 3.23. The summed E-state index contributed by atoms with van der Waals surface area (Å²) in [5, 5.41) is 7.45. The highest BCUT2D eigenvalue weighted by Crippen LogP contribution is 2.08. The molecule has 0 aliphatic rings. The van der Waals surface area contributed by atoms with E-state index in [1.165, 1.54) is 0 Å². The Morgan fingerprint density at radius 3 is 2.80 bits per heavy atom. The fourth-order valence-electron chi connectivity index (χ4n) is 2.68. The van der Waals surface area contributed by atoms with Crippen molar-refractivity contribution in [1.82, 2.24) is 29.6 Å². The van der Waals surface area contributed by atoms with Crippen LogP contribution in [0.25, 0.3) is 5.82 Å². The van der Waals surface area contributed by atoms with Gasteiger partial charge in [0.15, 0.2) is 0 Å². The molecular weight excluding hydrogens is 316 g/mol. The van der Waals surface area contributed by atoms with Gasteiger partial charge in [0, 0.05) is 42.9 Å². The van der Waals surface area contributed by atoms with Gasteiger partial charge in [0.2, 0.25) is 0 Å². The van der Waals surface area contributed by atoms with Crippen LogP contribution in [0.5, 0.6) is 0 Å². The fourth-order valence-corrected chi connectivity index (χ4v) is 2.68. The van der Waals surface area contributed by atoms with Crippen molar-refractivity contribution in [2.45, 2.75) is 27.3 Å². The molecule has 3 rings (SSSR count). The minimum Gasteiger partial charge on any atom is -0.352 e. The summed E-state index contributed by atoms with van der Waals surface area (Å²) < 4.78 is 3.75. The summed E-state index contributed by atoms with van der Waals surface area (Å²) in [6.07, 6.45) is 6.75. The molecule has 0 spiro atoms. The van der Waals surface area contributed by atoms with Gasteiger partial charge in [-0.3, -0.25) is 14.0 Å². The first-order valence-electron chi connectivity index (χ1n) is 8.26. The summed E-state index contributed by atoms with van der Waals surface area (Å²) in [6, 6.07) is 5.52. The van der Waals surface area contributed by atoms with E-state index in [0.717, 1.165) is 17.9 Å². The number of hydrogen-bond donors (Lipinski definition) is 1. The summed E-state index contributed by atoms with van der Waals surface area (Å²) in [7, 11) is 0. The van der Waals surface area contributed by atoms with E-state index < -0.39 is 0 Å². The van der Waals surface area contributed by atoms with E-state index in [2.05, 4.69) is 33.4 Å². The van der Waals surface area contributed by atoms with Crippen LogP contribution >= 0.6 is 0 Å². The van der Waals surface area contributed by atoms with Crippen LogP contribution in [0.2, 0.25) is 0 Å². The molecule has 0 aliphatic heterocycles. The number of amides is 1. The molecule has 1 atom stereocenters. The molecule has 3 aromatic rings. The van der Waals surface area contributed by atoms with Gasteiger partial charge in [-0.15, -0.1) is 0 Å². The van der Waals surface area contributed by atoms with Crippen LogP contribution in [0.1, 0.15) is 28.7 Å². The number of carbonyl (C=O) groups excluding carboxylic acids is 1. The Bertz CT molecular complexity index is 852. The fraction of sp³-hybridized carbons (Fsp3) is 0.333. The van der Waals surface area contributed by atoms with Crippen LogP contribution in [0.15, 0.2) is 43.1 Å². The number of pyridine rings is 1. The second kappa shape index (κ2) is 7.29. The number of imidazole rings is 1. The van der Waals surface area contributed by atoms with Crippen molar-refractivity contribution in [3.63, 3.8) is 0 Å². The largest absolute Gasteiger partial charge is 0.352 e. The molecule has 0 aromatic carbocycles. The molecular formula is C18H22N6O. The Labute approximate surface area is 146 Å². The molecule has 0 saturated carbocycles. The monoisotopic (exact) mass is 338 g/mol. The molecule has 0 aliphatic carbocycles. The van der Waals surface area contributed by atoms with E-state index >= 15 is 0 Å². The summed E-state index contributed by atoms with van der Waals surface area (Å²) in [6.45, 7) is 7.48. The first-order valence-corrected chi connectivity index (χ1v) is 8.26. The number of rotatable bonds is 6. The Balaban J connectivity index is 1.59. The molecule has 130 valence electrons. The lowest BCUT2D eigenvalue weighted by Crippen LogP contribution is -2.30. The standard InChI is InChI=1S/C18H22N6O/c1-13(11-24-15(3)8-14(2)22-24)10-21-18(25)16-4-5-20-17(9-16)23-7-6-19-12-23/h4-9,12-13H,10-11H2,1-3H3,(H,21,25)/t13-/m1/s1. The van der Waals surface area contributed by atoms with Crippen LogP contribution in [0.4, 0.5) is 0 Å². The minimum absolute atomic E-state index is 0.107. The van der Waals surface area contributed by atoms with Gasteiger partial charge in [-0.25, -0.2) is 9.97 Å². The van der Waals surface area contributed by atoms with Crippen LogP contribution in [-0.4, -0.2) is 36.8 Å². The molecule has 7 nitrogen and oxygen atoms in total. The highest BCUT2D eigenvalue weighted by molar-refractivity contribution is 5.94. The first-order chi connectivity index (χ1) is 12.0. The lowest BCUT2D eigenvalue weighted by molar-refractivity contribution is 0.0946. The van der Waals surface area contributed by atoms with Crippen molar-refractivity contribution in [3.8, 4) is 5.82 Å². The molecule has 0 unspecified atom stereocenters. The second-order valence-corrected chi connectivity index (χ2v) is 6.30. The van der Waals surface area contributed by atoms with E-state index in [0.29, 0.717) is 17.9 Å². The molecule has 0 bridgehead atoms. The number of hydrogen-bond acceptors (Lipinski definition) is 4. The molecule has 7 heteroatoms. The van der Waals surface area contributed by atoms with Crippen molar-refractivity contribution in [2.24, 2.45) is 5.92 Å². The Morgan fingerprint density at radius 1 is 1.28 bits per heavy atom. The molecule has 0 saturated heterocycles. The number of nitrogens with one attached hydrogen (secondary N) is 1. The van der Waals surface area contributed by atoms with E-state index in [-0.39, 0.29) is 11.8 Å². The SMILES string of the molecule is Cc1cc(C)n(C[C@H](C)CNC(=O)c2ccnc(-n3ccnc3)c2)n1. The van der Waals surface area contributed by atoms with Gasteiger partial charge >= 0.3 is 0 Å². The van der Waals surface area contributed by atoms with Gasteiger partial charge in [-0.2, -0.15) is 5.10 Å². The van der Waals surface area contributed by atoms with Crippen molar-refractivity contribution in [1.29, 1.82) is 0 Å². The summed E-state index contributed by atoms with van der Waals surface area (Å²) in [4.78, 5) is 20.7. The van der Waals surface area contributed by atoms with E-state index in [1.54, 1.807) is 41.6 Å². The smallest absolute Gasteiger partial charge is 0.251 e. The normalized spacial score (nSPS) is 12.1. The molecule has 0 fully saturated rings. The zero-order chi connectivity index (χ0) is 17.8. The third kappa shape index (κ3) is 4.12. The van der Waals surface area contributed by atoms with Crippen molar-refractivity contribution in [3.05, 3.63) is 60.1 Å². The molecule has 25 heavy (non-hydrogen) atoms. The lowest BCUT2D eigenvalue weighted by Gasteiger charge is -2.14. The van der Waals surface area contributed by atoms with E-state index in [4.69, 9.17) is 0 Å². The molecule has 1 N–H and O–H groups in total. The highest BCUT2D eigenvalue weighted by Gasteiger charge is 2.11. The number of carbonyl (C=O) groups is 1. The molecule has 3 heterocycles. The van der Waals surface area contributed by atoms with Gasteiger partial charge in [0.1, 0.15) is 12.1 Å². The third-order valence-electron chi connectivity index (χ3n) is 3.98. The van der Waals surface area contributed by atoms with Gasteiger partial charge < -0.3 is 5.32 Å². The predicted octanol–water partition coefficient (Wildman–Crippen LogP) is 2.15. The van der Waals surface area contributed by atoms with Gasteiger partial charge in [0.25, 0.3) is 5.91 Å². The molecule has 3 aromatic heterocycles. The summed E-state index contributed by atoms with van der Waals surface area (Å²) in [5.41, 5.74) is 2.73. The predicted molar refractivity (Wildman–Crippen MR) is 94.6 cm³/mol. The minimum atomic E-state index is -0.107. The van der Waals surface area contributed by atoms with Crippen molar-refractivity contribution < 1.29 is 4.79 Å². The lowest BCUT2D eigenvalue weighted by atomic mass is 10.1. The Hall–Kier alpha value is -2.96. The van der Waals surface area contributed by atoms with Crippen molar-refractivity contribution in [2.75, 3.05) is 6.54 Å². The first kappa shape index (κ1) is 16.9. The molecule has 1 amide bonds. The molecule has 0 radical (unpaired) electrons. The average molecular weight is 338 g/mol. The number of aromatic nitrogens is 5. The Morgan fingerprint density at radius 2 is 2.12 bits per heavy atom. The van der Waals surface area contributed by atoms with Crippen LogP contribution in [0, 0.1) is 19.8 Å². The van der Waals surface area contributed by atoms with Crippen LogP contribution in [0.3, 0.4) is 0 Å². The maximum Gasteiger partial charge on any atom is 0.251 e. The van der Waals surface area contributed by atoms with Crippen LogP contribution < -0.4 is 5.32 Å². The zero-order valence-electron chi connectivity index (χ0n) is 14.7. The van der Waals surface area contributed by atoms with E-state index in [1.807, 2.05) is 18.5 Å². The third-order valence-corrected chi connectivity index (χ3v) is 3.98. The quantitative estimate of drug-likeness (QED) is 0.747. The summed E-state index contributed by atoms with van der Waals surface area (Å²) >= 11 is 0.